The molecule has 20 heavy (non-hydrogen) atoms. The Morgan fingerprint density at radius 3 is 2.60 bits per heavy atom. The number of hydrogen-bond acceptors (Lipinski definition) is 2. The summed E-state index contributed by atoms with van der Waals surface area (Å²) in [6.07, 6.45) is 4.49. The van der Waals surface area contributed by atoms with Crippen molar-refractivity contribution < 1.29 is 9.21 Å². The van der Waals surface area contributed by atoms with Gasteiger partial charge in [-0.15, -0.1) is 0 Å². The number of furan rings is 1. The van der Waals surface area contributed by atoms with Gasteiger partial charge in [-0.3, -0.25) is 4.79 Å². The first kappa shape index (κ1) is 14.7. The number of carbonyl (C=O) groups excluding carboxylic acids is 1. The number of rotatable bonds is 6. The van der Waals surface area contributed by atoms with E-state index in [4.69, 9.17) is 16.0 Å². The number of benzene rings is 1. The van der Waals surface area contributed by atoms with E-state index in [2.05, 4.69) is 12.1 Å². The van der Waals surface area contributed by atoms with Crippen molar-refractivity contribution in [3.8, 4) is 0 Å². The highest BCUT2D eigenvalue weighted by atomic mass is 35.5. The van der Waals surface area contributed by atoms with Crippen LogP contribution in [0.15, 0.2) is 47.1 Å². The van der Waals surface area contributed by atoms with Crippen molar-refractivity contribution in [3.05, 3.63) is 59.0 Å². The predicted molar refractivity (Wildman–Crippen MR) is 80.1 cm³/mol. The molecular formula is C16H18ClNO2. The van der Waals surface area contributed by atoms with Crippen LogP contribution in [-0.4, -0.2) is 24.4 Å². The number of nitrogens with zero attached hydrogens (tertiary/aromatic N) is 1. The van der Waals surface area contributed by atoms with Gasteiger partial charge in [0.05, 0.1) is 11.8 Å². The van der Waals surface area contributed by atoms with E-state index in [-0.39, 0.29) is 11.1 Å². The maximum Gasteiger partial charge on any atom is 0.258 e. The van der Waals surface area contributed by atoms with E-state index < -0.39 is 0 Å². The van der Waals surface area contributed by atoms with Crippen LogP contribution >= 0.6 is 11.6 Å². The van der Waals surface area contributed by atoms with Crippen LogP contribution in [0, 0.1) is 0 Å². The number of hydrogen-bond donors (Lipinski definition) is 0. The zero-order valence-corrected chi connectivity index (χ0v) is 12.3. The SMILES string of the molecule is CN(CCCCc1ccccc1)C(=O)c1ccoc1Cl. The standard InChI is InChI=1S/C16H18ClNO2/c1-18(16(19)14-10-12-20-15(14)17)11-6-5-9-13-7-3-2-4-8-13/h2-4,7-8,10,12H,5-6,9,11H2,1H3. The molecule has 0 atom stereocenters. The van der Waals surface area contributed by atoms with E-state index in [9.17, 15) is 4.79 Å². The van der Waals surface area contributed by atoms with Gasteiger partial charge in [0.1, 0.15) is 0 Å². The number of amides is 1. The van der Waals surface area contributed by atoms with Gasteiger partial charge in [0.2, 0.25) is 5.22 Å². The third kappa shape index (κ3) is 3.87. The van der Waals surface area contributed by atoms with E-state index in [0.29, 0.717) is 12.1 Å². The van der Waals surface area contributed by atoms with Crippen LogP contribution in [0.2, 0.25) is 5.22 Å². The van der Waals surface area contributed by atoms with Crippen LogP contribution in [0.5, 0.6) is 0 Å². The molecule has 0 unspecified atom stereocenters. The van der Waals surface area contributed by atoms with Crippen molar-refractivity contribution in [2.45, 2.75) is 19.3 Å². The molecule has 106 valence electrons. The number of unbranched alkanes of at least 4 members (excludes halogenated alkanes) is 1. The third-order valence-electron chi connectivity index (χ3n) is 3.25. The second-order valence-electron chi connectivity index (χ2n) is 4.78. The van der Waals surface area contributed by atoms with Gasteiger partial charge in [-0.2, -0.15) is 0 Å². The van der Waals surface area contributed by atoms with E-state index in [0.717, 1.165) is 19.3 Å². The summed E-state index contributed by atoms with van der Waals surface area (Å²) in [5.74, 6) is -0.0940. The largest absolute Gasteiger partial charge is 0.452 e. The van der Waals surface area contributed by atoms with Gasteiger partial charge in [0.15, 0.2) is 0 Å². The summed E-state index contributed by atoms with van der Waals surface area (Å²) >= 11 is 5.81. The highest BCUT2D eigenvalue weighted by Gasteiger charge is 2.16. The molecule has 0 N–H and O–H groups in total. The van der Waals surface area contributed by atoms with Gasteiger partial charge < -0.3 is 9.32 Å². The second kappa shape index (κ2) is 7.15. The van der Waals surface area contributed by atoms with Crippen molar-refractivity contribution in [3.63, 3.8) is 0 Å². The molecule has 1 aromatic heterocycles. The number of halogens is 1. The van der Waals surface area contributed by atoms with Crippen molar-refractivity contribution >= 4 is 17.5 Å². The molecule has 0 saturated carbocycles. The molecule has 0 aliphatic carbocycles. The minimum Gasteiger partial charge on any atom is -0.452 e. The Morgan fingerprint density at radius 1 is 1.20 bits per heavy atom. The highest BCUT2D eigenvalue weighted by molar-refractivity contribution is 6.32. The third-order valence-corrected chi connectivity index (χ3v) is 3.54. The Kier molecular flexibility index (Phi) is 5.24. The topological polar surface area (TPSA) is 33.5 Å². The Balaban J connectivity index is 1.74. The zero-order chi connectivity index (χ0) is 14.4. The van der Waals surface area contributed by atoms with E-state index in [1.807, 2.05) is 18.2 Å². The molecule has 2 rings (SSSR count). The normalized spacial score (nSPS) is 10.5. The van der Waals surface area contributed by atoms with Crippen LogP contribution in [-0.2, 0) is 6.42 Å². The molecule has 0 fully saturated rings. The predicted octanol–water partition coefficient (Wildman–Crippen LogP) is 4.03. The molecule has 0 radical (unpaired) electrons. The van der Waals surface area contributed by atoms with E-state index in [1.54, 1.807) is 18.0 Å². The summed E-state index contributed by atoms with van der Waals surface area (Å²) in [5, 5.41) is 0.158. The fraction of sp³-hybridized carbons (Fsp3) is 0.312. The smallest absolute Gasteiger partial charge is 0.258 e. The molecule has 0 spiro atoms. The summed E-state index contributed by atoms with van der Waals surface area (Å²) in [6, 6.07) is 12.0. The maximum atomic E-state index is 12.1. The van der Waals surface area contributed by atoms with E-state index in [1.165, 1.54) is 11.8 Å². The first-order valence-corrected chi connectivity index (χ1v) is 7.08. The minimum absolute atomic E-state index is 0.0940. The van der Waals surface area contributed by atoms with E-state index >= 15 is 0 Å². The lowest BCUT2D eigenvalue weighted by Crippen LogP contribution is -2.27. The summed E-state index contributed by atoms with van der Waals surface area (Å²) in [6.45, 7) is 0.715. The molecular weight excluding hydrogens is 274 g/mol. The first-order chi connectivity index (χ1) is 9.68. The van der Waals surface area contributed by atoms with Gasteiger partial charge >= 0.3 is 0 Å². The molecule has 0 aliphatic heterocycles. The lowest BCUT2D eigenvalue weighted by atomic mass is 10.1. The zero-order valence-electron chi connectivity index (χ0n) is 11.5. The van der Waals surface area contributed by atoms with Crippen molar-refractivity contribution in [2.24, 2.45) is 0 Å². The van der Waals surface area contributed by atoms with Gasteiger partial charge in [-0.1, -0.05) is 30.3 Å². The molecule has 1 heterocycles. The fourth-order valence-electron chi connectivity index (χ4n) is 2.08. The summed E-state index contributed by atoms with van der Waals surface area (Å²) in [5.41, 5.74) is 1.76. The summed E-state index contributed by atoms with van der Waals surface area (Å²) in [4.78, 5) is 13.8. The van der Waals surface area contributed by atoms with Crippen molar-refractivity contribution in [1.29, 1.82) is 0 Å². The Hall–Kier alpha value is -1.74. The molecule has 3 nitrogen and oxygen atoms in total. The number of aryl methyl sites for hydroxylation is 1. The summed E-state index contributed by atoms with van der Waals surface area (Å²) in [7, 11) is 1.79. The Bertz CT molecular complexity index is 551. The van der Waals surface area contributed by atoms with Gasteiger partial charge in [-0.25, -0.2) is 0 Å². The van der Waals surface area contributed by atoms with Gasteiger partial charge in [-0.05, 0) is 42.5 Å². The minimum atomic E-state index is -0.0940. The van der Waals surface area contributed by atoms with Crippen LogP contribution in [0.25, 0.3) is 0 Å². The lowest BCUT2D eigenvalue weighted by Gasteiger charge is -2.16. The molecule has 0 aliphatic rings. The van der Waals surface area contributed by atoms with Crippen LogP contribution in [0.3, 0.4) is 0 Å². The monoisotopic (exact) mass is 291 g/mol. The van der Waals surface area contributed by atoms with Crippen molar-refractivity contribution in [1.82, 2.24) is 4.90 Å². The Morgan fingerprint density at radius 2 is 1.95 bits per heavy atom. The Labute approximate surface area is 124 Å². The second-order valence-corrected chi connectivity index (χ2v) is 5.12. The van der Waals surface area contributed by atoms with Crippen molar-refractivity contribution in [2.75, 3.05) is 13.6 Å². The quantitative estimate of drug-likeness (QED) is 0.753. The highest BCUT2D eigenvalue weighted by Crippen LogP contribution is 2.18. The van der Waals surface area contributed by atoms with Crippen LogP contribution in [0.4, 0.5) is 0 Å². The van der Waals surface area contributed by atoms with Crippen LogP contribution < -0.4 is 0 Å². The first-order valence-electron chi connectivity index (χ1n) is 6.71. The number of carbonyl (C=O) groups is 1. The van der Waals surface area contributed by atoms with Gasteiger partial charge in [0.25, 0.3) is 5.91 Å². The fourth-order valence-corrected chi connectivity index (χ4v) is 2.27. The molecule has 2 aromatic rings. The molecule has 4 heteroatoms. The maximum absolute atomic E-state index is 12.1. The average molecular weight is 292 g/mol. The molecule has 0 saturated heterocycles. The summed E-state index contributed by atoms with van der Waals surface area (Å²) < 4.78 is 4.94. The average Bonchev–Trinajstić information content (AvgIpc) is 2.90. The molecule has 0 bridgehead atoms. The molecule has 1 amide bonds. The van der Waals surface area contributed by atoms with Gasteiger partial charge in [0, 0.05) is 13.6 Å². The lowest BCUT2D eigenvalue weighted by molar-refractivity contribution is 0.0792. The molecule has 1 aromatic carbocycles. The van der Waals surface area contributed by atoms with Crippen LogP contribution in [0.1, 0.15) is 28.8 Å².